The number of sulfonamides is 1. The molecule has 0 aliphatic carbocycles. The summed E-state index contributed by atoms with van der Waals surface area (Å²) in [4.78, 5) is 14.8. The molecule has 1 aromatic carbocycles. The van der Waals surface area contributed by atoms with Gasteiger partial charge in [0.05, 0.1) is 20.3 Å². The third kappa shape index (κ3) is 4.60. The molecule has 27 heavy (non-hydrogen) atoms. The minimum atomic E-state index is -3.72. The molecule has 2 fully saturated rings. The summed E-state index contributed by atoms with van der Waals surface area (Å²) in [6, 6.07) is 4.73. The molecular formula is C18H27N3O5S. The molecule has 0 aromatic heterocycles. The van der Waals surface area contributed by atoms with Crippen LogP contribution in [0.1, 0.15) is 12.8 Å². The molecule has 0 radical (unpaired) electrons. The number of benzene rings is 1. The average molecular weight is 397 g/mol. The van der Waals surface area contributed by atoms with E-state index < -0.39 is 10.0 Å². The lowest BCUT2D eigenvalue weighted by Crippen LogP contribution is -2.40. The number of likely N-dealkylation sites (tertiary alicyclic amines) is 1. The van der Waals surface area contributed by atoms with Crippen LogP contribution < -0.4 is 10.1 Å². The van der Waals surface area contributed by atoms with E-state index in [0.29, 0.717) is 32.0 Å². The van der Waals surface area contributed by atoms with E-state index in [9.17, 15) is 13.2 Å². The number of methoxy groups -OCH3 is 1. The van der Waals surface area contributed by atoms with Crippen LogP contribution in [-0.2, 0) is 19.6 Å². The summed E-state index contributed by atoms with van der Waals surface area (Å²) in [5, 5.41) is 2.87. The Morgan fingerprint density at radius 2 is 1.85 bits per heavy atom. The van der Waals surface area contributed by atoms with Gasteiger partial charge in [0.15, 0.2) is 0 Å². The largest absolute Gasteiger partial charge is 0.495 e. The molecule has 2 aliphatic rings. The van der Waals surface area contributed by atoms with Gasteiger partial charge in [-0.2, -0.15) is 4.31 Å². The highest BCUT2D eigenvalue weighted by Gasteiger charge is 2.30. The lowest BCUT2D eigenvalue weighted by molar-refractivity contribution is -0.121. The second kappa shape index (κ2) is 8.55. The first kappa shape index (κ1) is 20.1. The second-order valence-corrected chi connectivity index (χ2v) is 8.86. The smallest absolute Gasteiger partial charge is 0.246 e. The van der Waals surface area contributed by atoms with Crippen molar-refractivity contribution in [2.75, 3.05) is 58.9 Å². The van der Waals surface area contributed by atoms with Crippen molar-refractivity contribution in [1.29, 1.82) is 0 Å². The monoisotopic (exact) mass is 397 g/mol. The molecule has 3 rings (SSSR count). The second-order valence-electron chi connectivity index (χ2n) is 6.95. The van der Waals surface area contributed by atoms with Crippen LogP contribution in [0, 0.1) is 5.92 Å². The zero-order valence-corrected chi connectivity index (χ0v) is 16.6. The van der Waals surface area contributed by atoms with E-state index >= 15 is 0 Å². The van der Waals surface area contributed by atoms with Gasteiger partial charge >= 0.3 is 0 Å². The van der Waals surface area contributed by atoms with Crippen molar-refractivity contribution in [3.63, 3.8) is 0 Å². The summed E-state index contributed by atoms with van der Waals surface area (Å²) in [7, 11) is -0.248. The van der Waals surface area contributed by atoms with Crippen LogP contribution in [0.4, 0.5) is 5.69 Å². The SMILES string of the molecule is COc1ccc(NC(=O)C2CCN(C)CC2)cc1S(=O)(=O)N1CCOCC1. The Morgan fingerprint density at radius 1 is 1.19 bits per heavy atom. The van der Waals surface area contributed by atoms with Crippen molar-refractivity contribution in [2.45, 2.75) is 17.7 Å². The van der Waals surface area contributed by atoms with Crippen LogP contribution in [0.25, 0.3) is 0 Å². The summed E-state index contributed by atoms with van der Waals surface area (Å²) >= 11 is 0. The van der Waals surface area contributed by atoms with Crippen LogP contribution in [0.15, 0.2) is 23.1 Å². The van der Waals surface area contributed by atoms with E-state index in [-0.39, 0.29) is 22.5 Å². The third-order valence-electron chi connectivity index (χ3n) is 5.11. The van der Waals surface area contributed by atoms with E-state index in [4.69, 9.17) is 9.47 Å². The van der Waals surface area contributed by atoms with Crippen molar-refractivity contribution in [3.05, 3.63) is 18.2 Å². The molecule has 0 unspecified atom stereocenters. The van der Waals surface area contributed by atoms with Gasteiger partial charge in [0.25, 0.3) is 0 Å². The number of morpholine rings is 1. The van der Waals surface area contributed by atoms with E-state index in [1.165, 1.54) is 17.5 Å². The van der Waals surface area contributed by atoms with Gasteiger partial charge in [-0.3, -0.25) is 4.79 Å². The van der Waals surface area contributed by atoms with Gasteiger partial charge in [-0.05, 0) is 51.2 Å². The van der Waals surface area contributed by atoms with Crippen molar-refractivity contribution < 1.29 is 22.7 Å². The van der Waals surface area contributed by atoms with Crippen LogP contribution in [0.5, 0.6) is 5.75 Å². The minimum Gasteiger partial charge on any atom is -0.495 e. The van der Waals surface area contributed by atoms with Gasteiger partial charge in [-0.25, -0.2) is 8.42 Å². The highest BCUT2D eigenvalue weighted by Crippen LogP contribution is 2.30. The maximum absolute atomic E-state index is 13.0. The molecule has 1 aromatic rings. The predicted octanol–water partition coefficient (Wildman–Crippen LogP) is 0.996. The number of hydrogen-bond donors (Lipinski definition) is 1. The molecule has 150 valence electrons. The fourth-order valence-corrected chi connectivity index (χ4v) is 4.99. The molecule has 0 bridgehead atoms. The number of anilines is 1. The van der Waals surface area contributed by atoms with Crippen LogP contribution in [0.2, 0.25) is 0 Å². The topological polar surface area (TPSA) is 88.2 Å². The molecule has 8 nitrogen and oxygen atoms in total. The predicted molar refractivity (Wildman–Crippen MR) is 101 cm³/mol. The Kier molecular flexibility index (Phi) is 6.36. The van der Waals surface area contributed by atoms with Crippen molar-refractivity contribution in [3.8, 4) is 5.75 Å². The van der Waals surface area contributed by atoms with E-state index in [1.54, 1.807) is 12.1 Å². The molecule has 2 heterocycles. The molecule has 1 N–H and O–H groups in total. The zero-order valence-electron chi connectivity index (χ0n) is 15.8. The molecule has 2 aliphatic heterocycles. The van der Waals surface area contributed by atoms with Crippen LogP contribution >= 0.6 is 0 Å². The number of ether oxygens (including phenoxy) is 2. The van der Waals surface area contributed by atoms with Gasteiger partial charge in [0.2, 0.25) is 15.9 Å². The summed E-state index contributed by atoms with van der Waals surface area (Å²) in [5.74, 6) is 0.143. The third-order valence-corrected chi connectivity index (χ3v) is 7.03. The summed E-state index contributed by atoms with van der Waals surface area (Å²) < 4.78 is 37.9. The number of carbonyl (C=O) groups is 1. The number of amides is 1. The van der Waals surface area contributed by atoms with Crippen molar-refractivity contribution >= 4 is 21.6 Å². The Labute approximate surface area is 160 Å². The van der Waals surface area contributed by atoms with Gasteiger partial charge in [0, 0.05) is 24.7 Å². The Balaban J connectivity index is 1.80. The molecular weight excluding hydrogens is 370 g/mol. The molecule has 0 saturated carbocycles. The number of piperidine rings is 1. The minimum absolute atomic E-state index is 0.0531. The van der Waals surface area contributed by atoms with Crippen LogP contribution in [-0.4, -0.2) is 77.1 Å². The lowest BCUT2D eigenvalue weighted by Gasteiger charge is -2.28. The maximum Gasteiger partial charge on any atom is 0.246 e. The maximum atomic E-state index is 13.0. The first-order valence-electron chi connectivity index (χ1n) is 9.17. The summed E-state index contributed by atoms with van der Waals surface area (Å²) in [6.45, 7) is 3.12. The quantitative estimate of drug-likeness (QED) is 0.797. The van der Waals surface area contributed by atoms with Gasteiger partial charge in [0.1, 0.15) is 10.6 Å². The first-order valence-corrected chi connectivity index (χ1v) is 10.6. The fraction of sp³-hybridized carbons (Fsp3) is 0.611. The van der Waals surface area contributed by atoms with E-state index in [1.807, 2.05) is 7.05 Å². The lowest BCUT2D eigenvalue weighted by atomic mass is 9.96. The number of nitrogens with one attached hydrogen (secondary N) is 1. The highest BCUT2D eigenvalue weighted by molar-refractivity contribution is 7.89. The Morgan fingerprint density at radius 3 is 2.48 bits per heavy atom. The van der Waals surface area contributed by atoms with Gasteiger partial charge in [-0.15, -0.1) is 0 Å². The highest BCUT2D eigenvalue weighted by atomic mass is 32.2. The van der Waals surface area contributed by atoms with Gasteiger partial charge < -0.3 is 19.7 Å². The van der Waals surface area contributed by atoms with E-state index in [2.05, 4.69) is 10.2 Å². The molecule has 9 heteroatoms. The summed E-state index contributed by atoms with van der Waals surface area (Å²) in [6.07, 6.45) is 1.61. The fourth-order valence-electron chi connectivity index (χ4n) is 3.40. The van der Waals surface area contributed by atoms with Crippen molar-refractivity contribution in [1.82, 2.24) is 9.21 Å². The number of hydrogen-bond acceptors (Lipinski definition) is 6. The van der Waals surface area contributed by atoms with Gasteiger partial charge in [-0.1, -0.05) is 0 Å². The zero-order chi connectivity index (χ0) is 19.4. The van der Waals surface area contributed by atoms with Crippen LogP contribution in [0.3, 0.4) is 0 Å². The van der Waals surface area contributed by atoms with E-state index in [0.717, 1.165) is 25.9 Å². The molecule has 0 spiro atoms. The molecule has 1 amide bonds. The standard InChI is InChI=1S/C18H27N3O5S/c1-20-7-5-14(6-8-20)18(22)19-15-3-4-16(25-2)17(13-15)27(23,24)21-9-11-26-12-10-21/h3-4,13-14H,5-12H2,1-2H3,(H,19,22). The average Bonchev–Trinajstić information content (AvgIpc) is 2.69. The molecule has 0 atom stereocenters. The number of nitrogens with zero attached hydrogens (tertiary/aromatic N) is 2. The molecule has 2 saturated heterocycles. The number of carbonyl (C=O) groups excluding carboxylic acids is 1. The summed E-state index contributed by atoms with van der Waals surface area (Å²) in [5.41, 5.74) is 0.464. The normalized spacial score (nSPS) is 20.4. The Bertz CT molecular complexity index is 769. The first-order chi connectivity index (χ1) is 12.9. The Hall–Kier alpha value is -1.68. The number of rotatable bonds is 5. The van der Waals surface area contributed by atoms with Crippen molar-refractivity contribution in [2.24, 2.45) is 5.92 Å².